The molecule has 2 aromatic carbocycles. The summed E-state index contributed by atoms with van der Waals surface area (Å²) in [7, 11) is 0. The number of aromatic nitrogens is 2. The van der Waals surface area contributed by atoms with Crippen molar-refractivity contribution in [3.8, 4) is 5.75 Å². The van der Waals surface area contributed by atoms with E-state index in [1.165, 1.54) is 30.6 Å². The topological polar surface area (TPSA) is 140 Å². The molecule has 0 unspecified atom stereocenters. The fourth-order valence-corrected chi connectivity index (χ4v) is 3.09. The summed E-state index contributed by atoms with van der Waals surface area (Å²) in [6.45, 7) is 0.418. The van der Waals surface area contributed by atoms with E-state index >= 15 is 0 Å². The van der Waals surface area contributed by atoms with E-state index in [1.807, 2.05) is 0 Å². The average molecular weight is 494 g/mol. The molecule has 0 aliphatic rings. The largest absolute Gasteiger partial charge is 0.487 e. The highest BCUT2D eigenvalue weighted by Crippen LogP contribution is 2.35. The van der Waals surface area contributed by atoms with Crippen LogP contribution in [0.25, 0.3) is 10.9 Å². The van der Waals surface area contributed by atoms with Gasteiger partial charge in [-0.1, -0.05) is 15.9 Å². The second-order valence-electron chi connectivity index (χ2n) is 6.35. The van der Waals surface area contributed by atoms with Crippen molar-refractivity contribution in [1.82, 2.24) is 15.3 Å². The van der Waals surface area contributed by atoms with E-state index in [0.29, 0.717) is 28.2 Å². The highest BCUT2D eigenvalue weighted by Gasteiger charge is 2.19. The zero-order valence-corrected chi connectivity index (χ0v) is 17.6. The van der Waals surface area contributed by atoms with Crippen LogP contribution in [0.4, 0.5) is 26.4 Å². The van der Waals surface area contributed by atoms with E-state index in [-0.39, 0.29) is 36.1 Å². The Balaban J connectivity index is 1.83. The van der Waals surface area contributed by atoms with Gasteiger partial charge in [-0.3, -0.25) is 10.1 Å². The van der Waals surface area contributed by atoms with Crippen LogP contribution in [0.5, 0.6) is 5.75 Å². The van der Waals surface area contributed by atoms with Crippen LogP contribution in [0.1, 0.15) is 12.8 Å². The van der Waals surface area contributed by atoms with Gasteiger partial charge in [-0.25, -0.2) is 19.2 Å². The van der Waals surface area contributed by atoms with E-state index < -0.39 is 16.8 Å². The van der Waals surface area contributed by atoms with Crippen LogP contribution in [-0.2, 0) is 0 Å². The Labute approximate surface area is 183 Å². The molecule has 0 bridgehead atoms. The van der Waals surface area contributed by atoms with Gasteiger partial charge >= 0.3 is 11.8 Å². The summed E-state index contributed by atoms with van der Waals surface area (Å²) in [5.41, 5.74) is 0.245. The second-order valence-corrected chi connectivity index (χ2v) is 7.27. The number of amides is 1. The molecule has 0 fully saturated rings. The van der Waals surface area contributed by atoms with Gasteiger partial charge in [0.1, 0.15) is 18.0 Å². The molecule has 0 radical (unpaired) electrons. The number of carboxylic acid groups (broad SMARTS) is 1. The lowest BCUT2D eigenvalue weighted by molar-refractivity contribution is -0.385. The first-order valence-electron chi connectivity index (χ1n) is 9.10. The van der Waals surface area contributed by atoms with Gasteiger partial charge in [0.15, 0.2) is 5.75 Å². The maximum absolute atomic E-state index is 14.2. The Hall–Kier alpha value is -3.54. The van der Waals surface area contributed by atoms with Gasteiger partial charge in [-0.15, -0.1) is 0 Å². The zero-order chi connectivity index (χ0) is 22.4. The molecule has 12 heteroatoms. The molecule has 162 valence electrons. The van der Waals surface area contributed by atoms with Gasteiger partial charge in [0.25, 0.3) is 0 Å². The van der Waals surface area contributed by atoms with Crippen molar-refractivity contribution >= 4 is 50.1 Å². The average Bonchev–Trinajstić information content (AvgIpc) is 2.71. The summed E-state index contributed by atoms with van der Waals surface area (Å²) >= 11 is 3.18. The Bertz CT molecular complexity index is 1130. The van der Waals surface area contributed by atoms with Crippen LogP contribution in [0.15, 0.2) is 41.1 Å². The number of nitrogens with one attached hydrogen (secondary N) is 2. The zero-order valence-electron chi connectivity index (χ0n) is 16.0. The van der Waals surface area contributed by atoms with Gasteiger partial charge in [0.2, 0.25) is 0 Å². The van der Waals surface area contributed by atoms with Crippen molar-refractivity contribution in [1.29, 1.82) is 0 Å². The van der Waals surface area contributed by atoms with Crippen LogP contribution >= 0.6 is 15.9 Å². The van der Waals surface area contributed by atoms with Gasteiger partial charge in [0, 0.05) is 23.2 Å². The molecule has 0 spiro atoms. The summed E-state index contributed by atoms with van der Waals surface area (Å²) in [4.78, 5) is 29.6. The first kappa shape index (κ1) is 22.2. The Kier molecular flexibility index (Phi) is 7.13. The quantitative estimate of drug-likeness (QED) is 0.223. The minimum absolute atomic E-state index is 0.0307. The summed E-state index contributed by atoms with van der Waals surface area (Å²) in [6.07, 6.45) is 1.16. The Morgan fingerprint density at radius 1 is 1.26 bits per heavy atom. The number of benzene rings is 2. The van der Waals surface area contributed by atoms with Gasteiger partial charge in [-0.05, 0) is 31.0 Å². The number of anilines is 2. The third-order valence-electron chi connectivity index (χ3n) is 4.20. The van der Waals surface area contributed by atoms with Crippen molar-refractivity contribution in [2.45, 2.75) is 12.8 Å². The van der Waals surface area contributed by atoms with Crippen molar-refractivity contribution in [3.05, 3.63) is 57.1 Å². The van der Waals surface area contributed by atoms with E-state index in [0.717, 1.165) is 0 Å². The molecule has 0 atom stereocenters. The number of carbonyl (C=O) groups is 1. The fraction of sp³-hybridized carbons (Fsp3) is 0.211. The SMILES string of the molecule is O=C(O)NCCCCOc1cc2ncnc(Nc3ccc(Br)cc3F)c2cc1[N+](=O)[O-]. The summed E-state index contributed by atoms with van der Waals surface area (Å²) < 4.78 is 20.3. The molecule has 0 aliphatic heterocycles. The summed E-state index contributed by atoms with van der Waals surface area (Å²) in [5, 5.41) is 25.5. The van der Waals surface area contributed by atoms with Crippen LogP contribution in [-0.4, -0.2) is 39.2 Å². The standard InChI is InChI=1S/C19H17BrFN5O5/c20-11-3-4-14(13(21)7-11)25-18-12-8-16(26(29)30)17(9-15(12)23-10-24-18)31-6-2-1-5-22-19(27)28/h3-4,7-10,22H,1-2,5-6H2,(H,27,28)(H,23,24,25). The molecule has 10 nitrogen and oxygen atoms in total. The molecular formula is C19H17BrFN5O5. The first-order chi connectivity index (χ1) is 14.8. The number of nitrogens with zero attached hydrogens (tertiary/aromatic N) is 3. The predicted molar refractivity (Wildman–Crippen MR) is 114 cm³/mol. The number of ether oxygens (including phenoxy) is 1. The van der Waals surface area contributed by atoms with E-state index in [1.54, 1.807) is 6.07 Å². The van der Waals surface area contributed by atoms with Crippen molar-refractivity contribution < 1.29 is 24.0 Å². The van der Waals surface area contributed by atoms with Crippen molar-refractivity contribution in [2.24, 2.45) is 0 Å². The maximum atomic E-state index is 14.2. The number of hydrogen-bond acceptors (Lipinski definition) is 7. The van der Waals surface area contributed by atoms with Crippen molar-refractivity contribution in [3.63, 3.8) is 0 Å². The first-order valence-corrected chi connectivity index (χ1v) is 9.89. The number of nitro groups is 1. The minimum Gasteiger partial charge on any atom is -0.487 e. The highest BCUT2D eigenvalue weighted by atomic mass is 79.9. The van der Waals surface area contributed by atoms with Crippen molar-refractivity contribution in [2.75, 3.05) is 18.5 Å². The van der Waals surface area contributed by atoms with Crippen LogP contribution in [0.3, 0.4) is 0 Å². The number of fused-ring (bicyclic) bond motifs is 1. The lowest BCUT2D eigenvalue weighted by Crippen LogP contribution is -2.22. The normalized spacial score (nSPS) is 10.6. The molecule has 0 saturated heterocycles. The molecule has 1 heterocycles. The monoisotopic (exact) mass is 493 g/mol. The van der Waals surface area contributed by atoms with Crippen LogP contribution in [0.2, 0.25) is 0 Å². The van der Waals surface area contributed by atoms with Crippen LogP contribution < -0.4 is 15.4 Å². The minimum atomic E-state index is -1.11. The summed E-state index contributed by atoms with van der Waals surface area (Å²) in [6, 6.07) is 7.14. The molecule has 31 heavy (non-hydrogen) atoms. The number of unbranched alkanes of at least 4 members (excludes halogenated alkanes) is 1. The third kappa shape index (κ3) is 5.75. The van der Waals surface area contributed by atoms with E-state index in [4.69, 9.17) is 9.84 Å². The Morgan fingerprint density at radius 3 is 2.77 bits per heavy atom. The van der Waals surface area contributed by atoms with Crippen LogP contribution in [0, 0.1) is 15.9 Å². The number of hydrogen-bond donors (Lipinski definition) is 3. The van der Waals surface area contributed by atoms with Gasteiger partial charge in [0.05, 0.1) is 28.1 Å². The molecule has 3 rings (SSSR count). The van der Waals surface area contributed by atoms with E-state index in [2.05, 4.69) is 36.5 Å². The molecule has 1 aromatic heterocycles. The second kappa shape index (κ2) is 9.98. The predicted octanol–water partition coefficient (Wildman–Crippen LogP) is 4.61. The molecule has 0 aliphatic carbocycles. The smallest absolute Gasteiger partial charge is 0.404 e. The molecule has 1 amide bonds. The number of halogens is 2. The Morgan fingerprint density at radius 2 is 2.06 bits per heavy atom. The van der Waals surface area contributed by atoms with Gasteiger partial charge < -0.3 is 20.5 Å². The molecule has 0 saturated carbocycles. The molecule has 3 N–H and O–H groups in total. The summed E-state index contributed by atoms with van der Waals surface area (Å²) in [5.74, 6) is -0.281. The highest BCUT2D eigenvalue weighted by molar-refractivity contribution is 9.10. The molecule has 3 aromatic rings. The molecular weight excluding hydrogens is 477 g/mol. The van der Waals surface area contributed by atoms with Gasteiger partial charge in [-0.2, -0.15) is 0 Å². The number of rotatable bonds is 9. The lowest BCUT2D eigenvalue weighted by Gasteiger charge is -2.11. The fourth-order valence-electron chi connectivity index (χ4n) is 2.75. The lowest BCUT2D eigenvalue weighted by atomic mass is 10.2. The van der Waals surface area contributed by atoms with E-state index in [9.17, 15) is 19.3 Å². The third-order valence-corrected chi connectivity index (χ3v) is 4.70. The number of nitro benzene ring substituents is 1. The maximum Gasteiger partial charge on any atom is 0.404 e.